The Kier molecular flexibility index (Phi) is 6.02. The second-order valence-corrected chi connectivity index (χ2v) is 9.40. The highest BCUT2D eigenvalue weighted by Crippen LogP contribution is 2.43. The first-order chi connectivity index (χ1) is 17.3. The molecule has 1 fully saturated rings. The van der Waals surface area contributed by atoms with Crippen LogP contribution in [0.3, 0.4) is 0 Å². The van der Waals surface area contributed by atoms with E-state index in [0.29, 0.717) is 33.0 Å². The van der Waals surface area contributed by atoms with Crippen molar-refractivity contribution in [2.45, 2.75) is 38.8 Å². The minimum Gasteiger partial charge on any atom is -0.471 e. The fourth-order valence-corrected chi connectivity index (χ4v) is 5.43. The summed E-state index contributed by atoms with van der Waals surface area (Å²) in [6.45, 7) is 4.72. The van der Waals surface area contributed by atoms with Crippen LogP contribution in [0.1, 0.15) is 30.9 Å². The zero-order valence-corrected chi connectivity index (χ0v) is 20.5. The highest BCUT2D eigenvalue weighted by Gasteiger charge is 2.30. The Labute approximate surface area is 208 Å². The number of nitrogens with zero attached hydrogens (tertiary/aromatic N) is 4. The number of pyridine rings is 1. The van der Waals surface area contributed by atoms with Crippen LogP contribution in [0.5, 0.6) is 5.88 Å². The lowest BCUT2D eigenvalue weighted by Gasteiger charge is -2.27. The molecular formula is C28H27FN6O. The maximum absolute atomic E-state index is 16.3. The molecule has 2 heterocycles. The van der Waals surface area contributed by atoms with E-state index in [1.807, 2.05) is 44.3 Å². The number of anilines is 1. The van der Waals surface area contributed by atoms with Crippen LogP contribution in [0.2, 0.25) is 0 Å². The van der Waals surface area contributed by atoms with Crippen LogP contribution in [0.4, 0.5) is 15.8 Å². The number of nitriles is 1. The molecule has 0 amide bonds. The van der Waals surface area contributed by atoms with E-state index >= 15 is 4.39 Å². The minimum absolute atomic E-state index is 0.0483. The van der Waals surface area contributed by atoms with Crippen LogP contribution in [0, 0.1) is 29.6 Å². The van der Waals surface area contributed by atoms with E-state index in [2.05, 4.69) is 21.1 Å². The number of halogens is 1. The molecule has 1 aliphatic rings. The number of ether oxygens (including phenoxy) is 1. The molecule has 7 nitrogen and oxygen atoms in total. The maximum Gasteiger partial charge on any atom is 0.245 e. The van der Waals surface area contributed by atoms with Gasteiger partial charge in [-0.15, -0.1) is 0 Å². The van der Waals surface area contributed by atoms with Gasteiger partial charge in [-0.2, -0.15) is 10.4 Å². The standard InChI is InChI=1S/C28H27FN6O/c1-15-13-20-25(31)27(34-32)28(36-16(2)21-11-6-12-35(21)3)33-26(20)24(29)22(15)19-10-5-8-17-7-4-9-18(14-30)23(17)19/h4-5,7-10,13,16,21,32H,6,11-12H2,1-3H3,(H2,31,33)/t16-,21-/m0/s1. The predicted molar refractivity (Wildman–Crippen MR) is 139 cm³/mol. The second-order valence-electron chi connectivity index (χ2n) is 9.40. The Bertz CT molecular complexity index is 1550. The number of likely N-dealkylation sites (N-methyl/N-ethyl adjacent to an activating group) is 1. The molecule has 3 N–H and O–H groups in total. The van der Waals surface area contributed by atoms with Crippen molar-refractivity contribution < 1.29 is 9.13 Å². The van der Waals surface area contributed by atoms with E-state index in [4.69, 9.17) is 16.0 Å². The molecule has 4 aromatic rings. The molecule has 36 heavy (non-hydrogen) atoms. The zero-order chi connectivity index (χ0) is 25.6. The van der Waals surface area contributed by atoms with Gasteiger partial charge in [0.15, 0.2) is 11.5 Å². The number of nitrogens with two attached hydrogens (primary N) is 1. The van der Waals surface area contributed by atoms with Crippen LogP contribution in [-0.2, 0) is 0 Å². The van der Waals surface area contributed by atoms with Crippen molar-refractivity contribution in [1.82, 2.24) is 9.88 Å². The first-order valence-corrected chi connectivity index (χ1v) is 11.9. The van der Waals surface area contributed by atoms with Crippen molar-refractivity contribution in [3.8, 4) is 23.1 Å². The van der Waals surface area contributed by atoms with Gasteiger partial charge in [0.2, 0.25) is 5.88 Å². The van der Waals surface area contributed by atoms with Gasteiger partial charge >= 0.3 is 0 Å². The lowest BCUT2D eigenvalue weighted by molar-refractivity contribution is 0.118. The van der Waals surface area contributed by atoms with Gasteiger partial charge in [-0.3, -0.25) is 4.90 Å². The molecule has 5 rings (SSSR count). The van der Waals surface area contributed by atoms with Crippen molar-refractivity contribution in [3.05, 3.63) is 59.4 Å². The Balaban J connectivity index is 1.73. The van der Waals surface area contributed by atoms with E-state index in [9.17, 15) is 5.26 Å². The molecule has 8 heteroatoms. The average Bonchev–Trinajstić information content (AvgIpc) is 3.30. The average molecular weight is 483 g/mol. The number of aromatic nitrogens is 1. The summed E-state index contributed by atoms with van der Waals surface area (Å²) in [5.41, 5.74) is 16.5. The SMILES string of the molecule is Cc1cc2c(N)c(N=N)c(O[C@@H](C)[C@@H]3CCCN3C)nc2c(F)c1-c1cccc2cccc(C#N)c12. The Hall–Kier alpha value is -4.09. The second kappa shape index (κ2) is 9.17. The number of nitrogen functional groups attached to an aromatic ring is 1. The van der Waals surface area contributed by atoms with Gasteiger partial charge in [-0.1, -0.05) is 30.3 Å². The Morgan fingerprint density at radius 2 is 2.06 bits per heavy atom. The number of hydrogen-bond donors (Lipinski definition) is 2. The predicted octanol–water partition coefficient (Wildman–Crippen LogP) is 6.48. The van der Waals surface area contributed by atoms with E-state index in [0.717, 1.165) is 24.8 Å². The minimum atomic E-state index is -0.552. The molecule has 2 atom stereocenters. The van der Waals surface area contributed by atoms with E-state index in [-0.39, 0.29) is 34.9 Å². The van der Waals surface area contributed by atoms with Crippen LogP contribution in [0.25, 0.3) is 32.8 Å². The molecule has 0 radical (unpaired) electrons. The number of fused-ring (bicyclic) bond motifs is 2. The number of rotatable bonds is 5. The van der Waals surface area contributed by atoms with E-state index in [1.54, 1.807) is 19.1 Å². The third kappa shape index (κ3) is 3.73. The van der Waals surface area contributed by atoms with Crippen LogP contribution in [0.15, 0.2) is 47.6 Å². The first-order valence-electron chi connectivity index (χ1n) is 11.9. The Morgan fingerprint density at radius 3 is 2.72 bits per heavy atom. The van der Waals surface area contributed by atoms with E-state index in [1.165, 1.54) is 0 Å². The molecule has 0 spiro atoms. The van der Waals surface area contributed by atoms with Gasteiger partial charge in [0.05, 0.1) is 17.3 Å². The van der Waals surface area contributed by atoms with Crippen LogP contribution in [-0.4, -0.2) is 35.6 Å². The van der Waals surface area contributed by atoms with Gasteiger partial charge in [0.1, 0.15) is 11.6 Å². The van der Waals surface area contributed by atoms with Gasteiger partial charge in [0, 0.05) is 22.4 Å². The summed E-state index contributed by atoms with van der Waals surface area (Å²) in [5.74, 6) is -0.504. The summed E-state index contributed by atoms with van der Waals surface area (Å²) in [4.78, 5) is 6.74. The topological polar surface area (TPSA) is 111 Å². The maximum atomic E-state index is 16.3. The molecular weight excluding hydrogens is 455 g/mol. The monoisotopic (exact) mass is 482 g/mol. The van der Waals surface area contributed by atoms with Crippen molar-refractivity contribution in [2.75, 3.05) is 19.3 Å². The molecule has 1 saturated heterocycles. The lowest BCUT2D eigenvalue weighted by atomic mass is 9.91. The summed E-state index contributed by atoms with van der Waals surface area (Å²) in [5, 5.41) is 15.2. The fourth-order valence-electron chi connectivity index (χ4n) is 5.43. The van der Waals surface area contributed by atoms with E-state index < -0.39 is 5.82 Å². The first kappa shape index (κ1) is 23.6. The smallest absolute Gasteiger partial charge is 0.245 e. The summed E-state index contributed by atoms with van der Waals surface area (Å²) in [7, 11) is 2.05. The third-order valence-electron chi connectivity index (χ3n) is 7.22. The zero-order valence-electron chi connectivity index (χ0n) is 20.5. The number of hydrogen-bond acceptors (Lipinski definition) is 7. The van der Waals surface area contributed by atoms with Gasteiger partial charge in [0.25, 0.3) is 0 Å². The number of likely N-dealkylation sites (tertiary alicyclic amines) is 1. The van der Waals surface area contributed by atoms with Crippen LogP contribution < -0.4 is 10.5 Å². The normalized spacial score (nSPS) is 16.8. The third-order valence-corrected chi connectivity index (χ3v) is 7.22. The molecule has 182 valence electrons. The van der Waals surface area contributed by atoms with Crippen molar-refractivity contribution >= 4 is 33.1 Å². The summed E-state index contributed by atoms with van der Waals surface area (Å²) in [6, 6.07) is 15.2. The van der Waals surface area contributed by atoms with Crippen LogP contribution >= 0.6 is 0 Å². The molecule has 0 unspecified atom stereocenters. The number of nitrogens with one attached hydrogen (secondary N) is 1. The quantitative estimate of drug-likeness (QED) is 0.316. The van der Waals surface area contributed by atoms with Gasteiger partial charge in [-0.25, -0.2) is 14.9 Å². The molecule has 0 bridgehead atoms. The summed E-state index contributed by atoms with van der Waals surface area (Å²) >= 11 is 0. The van der Waals surface area contributed by atoms with Crippen molar-refractivity contribution in [1.29, 1.82) is 10.8 Å². The van der Waals surface area contributed by atoms with Gasteiger partial charge < -0.3 is 10.5 Å². The summed E-state index contributed by atoms with van der Waals surface area (Å²) in [6.07, 6.45) is 1.81. The van der Waals surface area contributed by atoms with Crippen molar-refractivity contribution in [2.24, 2.45) is 5.11 Å². The van der Waals surface area contributed by atoms with Gasteiger partial charge in [-0.05, 0) is 68.9 Å². The number of aryl methyl sites for hydroxylation is 1. The molecule has 1 aromatic heterocycles. The molecule has 1 aliphatic heterocycles. The van der Waals surface area contributed by atoms with Crippen molar-refractivity contribution in [3.63, 3.8) is 0 Å². The Morgan fingerprint density at radius 1 is 1.31 bits per heavy atom. The molecule has 0 saturated carbocycles. The highest BCUT2D eigenvalue weighted by molar-refractivity contribution is 6.05. The number of benzene rings is 3. The molecule has 0 aliphatic carbocycles. The fraction of sp³-hybridized carbons (Fsp3) is 0.286. The highest BCUT2D eigenvalue weighted by atomic mass is 19.1. The largest absolute Gasteiger partial charge is 0.471 e. The molecule has 3 aromatic carbocycles. The summed E-state index contributed by atoms with van der Waals surface area (Å²) < 4.78 is 22.5. The lowest BCUT2D eigenvalue weighted by Crippen LogP contribution is -2.38.